The number of anilines is 1. The van der Waals surface area contributed by atoms with Crippen LogP contribution in [0.15, 0.2) is 0 Å². The van der Waals surface area contributed by atoms with Gasteiger partial charge >= 0.3 is 0 Å². The van der Waals surface area contributed by atoms with Crippen LogP contribution in [0.4, 0.5) is 5.82 Å². The molecule has 0 aliphatic heterocycles. The molecule has 0 fully saturated rings. The Morgan fingerprint density at radius 1 is 1.25 bits per heavy atom. The molecule has 0 bridgehead atoms. The Hall–Kier alpha value is -1.20. The van der Waals surface area contributed by atoms with Crippen molar-refractivity contribution >= 4 is 27.4 Å². The van der Waals surface area contributed by atoms with E-state index >= 15 is 0 Å². The van der Waals surface area contributed by atoms with E-state index in [1.807, 2.05) is 0 Å². The van der Waals surface area contributed by atoms with E-state index in [1.165, 1.54) is 10.4 Å². The number of rotatable bonds is 4. The highest BCUT2D eigenvalue weighted by molar-refractivity contribution is 7.18. The summed E-state index contributed by atoms with van der Waals surface area (Å²) in [7, 11) is 2.11. The molecule has 0 amide bonds. The predicted octanol–water partition coefficient (Wildman–Crippen LogP) is 3.51. The van der Waals surface area contributed by atoms with E-state index in [9.17, 15) is 0 Å². The Bertz CT molecular complexity index is 630. The lowest BCUT2D eigenvalue weighted by atomic mass is 10.0. The normalized spacial score (nSPS) is 12.6. The standard InChI is InChI=1S/C15H24N4S/c1-7-15(4,5)19(6)8-11-17-13(16)12-9(2)10(3)20-14(12)18-11/h7-8H2,1-6H3,(H2,16,17,18). The van der Waals surface area contributed by atoms with Crippen molar-refractivity contribution in [3.63, 3.8) is 0 Å². The molecule has 5 heteroatoms. The Balaban J connectivity index is 2.37. The number of aryl methyl sites for hydroxylation is 2. The maximum atomic E-state index is 6.13. The lowest BCUT2D eigenvalue weighted by Crippen LogP contribution is -2.40. The van der Waals surface area contributed by atoms with Crippen LogP contribution in [0.25, 0.3) is 10.2 Å². The minimum absolute atomic E-state index is 0.133. The van der Waals surface area contributed by atoms with Gasteiger partial charge in [-0.25, -0.2) is 9.97 Å². The third kappa shape index (κ3) is 2.65. The van der Waals surface area contributed by atoms with Crippen molar-refractivity contribution in [2.75, 3.05) is 12.8 Å². The van der Waals surface area contributed by atoms with Gasteiger partial charge in [0.25, 0.3) is 0 Å². The Morgan fingerprint density at radius 3 is 2.50 bits per heavy atom. The summed E-state index contributed by atoms with van der Waals surface area (Å²) < 4.78 is 0. The summed E-state index contributed by atoms with van der Waals surface area (Å²) in [4.78, 5) is 13.7. The molecule has 0 saturated carbocycles. The Kier molecular flexibility index (Phi) is 4.02. The first-order valence-electron chi connectivity index (χ1n) is 6.99. The quantitative estimate of drug-likeness (QED) is 0.937. The van der Waals surface area contributed by atoms with Crippen LogP contribution in [0, 0.1) is 13.8 Å². The van der Waals surface area contributed by atoms with Crippen LogP contribution in [0.2, 0.25) is 0 Å². The fourth-order valence-electron chi connectivity index (χ4n) is 2.09. The molecule has 2 rings (SSSR count). The van der Waals surface area contributed by atoms with Gasteiger partial charge in [0.2, 0.25) is 0 Å². The molecule has 0 aliphatic carbocycles. The molecule has 2 N–H and O–H groups in total. The van der Waals surface area contributed by atoms with Crippen molar-refractivity contribution < 1.29 is 0 Å². The summed E-state index contributed by atoms with van der Waals surface area (Å²) in [6.07, 6.45) is 1.08. The lowest BCUT2D eigenvalue weighted by Gasteiger charge is -2.34. The van der Waals surface area contributed by atoms with Crippen LogP contribution in [0.3, 0.4) is 0 Å². The van der Waals surface area contributed by atoms with Gasteiger partial charge in [0, 0.05) is 10.4 Å². The molecule has 0 spiro atoms. The van der Waals surface area contributed by atoms with Gasteiger partial charge in [0.15, 0.2) is 0 Å². The number of hydrogen-bond donors (Lipinski definition) is 1. The first kappa shape index (κ1) is 15.2. The second-order valence-electron chi connectivity index (χ2n) is 6.01. The van der Waals surface area contributed by atoms with Crippen LogP contribution < -0.4 is 5.73 Å². The molecule has 20 heavy (non-hydrogen) atoms. The number of fused-ring (bicyclic) bond motifs is 1. The van der Waals surface area contributed by atoms with Gasteiger partial charge in [-0.05, 0) is 46.7 Å². The molecule has 2 aromatic rings. The summed E-state index contributed by atoms with van der Waals surface area (Å²) in [6.45, 7) is 11.6. The smallest absolute Gasteiger partial charge is 0.146 e. The average molecular weight is 292 g/mol. The summed E-state index contributed by atoms with van der Waals surface area (Å²) >= 11 is 1.70. The van der Waals surface area contributed by atoms with Crippen molar-refractivity contribution in [2.45, 2.75) is 53.1 Å². The molecule has 0 saturated heterocycles. The maximum absolute atomic E-state index is 6.13. The van der Waals surface area contributed by atoms with Crippen molar-refractivity contribution in [1.29, 1.82) is 0 Å². The van der Waals surface area contributed by atoms with E-state index in [2.05, 4.69) is 51.6 Å². The van der Waals surface area contributed by atoms with Crippen molar-refractivity contribution in [2.24, 2.45) is 0 Å². The van der Waals surface area contributed by atoms with E-state index in [4.69, 9.17) is 10.7 Å². The summed E-state index contributed by atoms with van der Waals surface area (Å²) in [5, 5.41) is 1.02. The van der Waals surface area contributed by atoms with Gasteiger partial charge < -0.3 is 5.73 Å². The lowest BCUT2D eigenvalue weighted by molar-refractivity contribution is 0.139. The molecule has 110 valence electrons. The first-order valence-corrected chi connectivity index (χ1v) is 7.81. The largest absolute Gasteiger partial charge is 0.383 e. The highest BCUT2D eigenvalue weighted by atomic mass is 32.1. The molecule has 4 nitrogen and oxygen atoms in total. The minimum Gasteiger partial charge on any atom is -0.383 e. The summed E-state index contributed by atoms with van der Waals surface area (Å²) in [5.41, 5.74) is 7.46. The van der Waals surface area contributed by atoms with Gasteiger partial charge in [0.05, 0.1) is 11.9 Å². The average Bonchev–Trinajstić information content (AvgIpc) is 2.65. The molecule has 0 aromatic carbocycles. The Morgan fingerprint density at radius 2 is 1.90 bits per heavy atom. The number of thiophene rings is 1. The number of nitrogens with zero attached hydrogens (tertiary/aromatic N) is 3. The molecule has 0 aliphatic rings. The van der Waals surface area contributed by atoms with Crippen molar-refractivity contribution in [1.82, 2.24) is 14.9 Å². The molecule has 0 unspecified atom stereocenters. The van der Waals surface area contributed by atoms with Gasteiger partial charge in [-0.2, -0.15) is 0 Å². The number of aromatic nitrogens is 2. The van der Waals surface area contributed by atoms with E-state index in [0.717, 1.165) is 29.0 Å². The zero-order valence-corrected chi connectivity index (χ0v) is 14.1. The second-order valence-corrected chi connectivity index (χ2v) is 7.21. The topological polar surface area (TPSA) is 55.0 Å². The van der Waals surface area contributed by atoms with Crippen molar-refractivity contribution in [3.05, 3.63) is 16.3 Å². The highest BCUT2D eigenvalue weighted by Gasteiger charge is 2.22. The van der Waals surface area contributed by atoms with Gasteiger partial charge in [-0.3, -0.25) is 4.90 Å². The van der Waals surface area contributed by atoms with E-state index in [1.54, 1.807) is 11.3 Å². The maximum Gasteiger partial charge on any atom is 0.146 e. The van der Waals surface area contributed by atoms with Crippen molar-refractivity contribution in [3.8, 4) is 0 Å². The predicted molar refractivity (Wildman–Crippen MR) is 87.1 cm³/mol. The third-order valence-corrected chi connectivity index (χ3v) is 5.48. The van der Waals surface area contributed by atoms with E-state index < -0.39 is 0 Å². The number of nitrogens with two attached hydrogens (primary N) is 1. The van der Waals surface area contributed by atoms with Gasteiger partial charge in [-0.15, -0.1) is 11.3 Å². The zero-order valence-electron chi connectivity index (χ0n) is 13.2. The molecular weight excluding hydrogens is 268 g/mol. The SMILES string of the molecule is CCC(C)(C)N(C)Cc1nc(N)c2c(C)c(C)sc2n1. The molecule has 0 radical (unpaired) electrons. The molecular formula is C15H24N4S. The number of hydrogen-bond acceptors (Lipinski definition) is 5. The molecule has 2 heterocycles. The fraction of sp³-hybridized carbons (Fsp3) is 0.600. The summed E-state index contributed by atoms with van der Waals surface area (Å²) in [6, 6.07) is 0. The van der Waals surface area contributed by atoms with E-state index in [-0.39, 0.29) is 5.54 Å². The highest BCUT2D eigenvalue weighted by Crippen LogP contribution is 2.32. The molecule has 0 atom stereocenters. The van der Waals surface area contributed by atoms with Gasteiger partial charge in [0.1, 0.15) is 16.5 Å². The van der Waals surface area contributed by atoms with Crippen LogP contribution >= 0.6 is 11.3 Å². The molecule has 2 aromatic heterocycles. The van der Waals surface area contributed by atoms with Crippen LogP contribution in [-0.2, 0) is 6.54 Å². The fourth-order valence-corrected chi connectivity index (χ4v) is 3.15. The van der Waals surface area contributed by atoms with E-state index in [0.29, 0.717) is 5.82 Å². The number of nitrogen functional groups attached to an aromatic ring is 1. The second kappa shape index (κ2) is 5.30. The third-order valence-electron chi connectivity index (χ3n) is 4.38. The monoisotopic (exact) mass is 292 g/mol. The summed E-state index contributed by atoms with van der Waals surface area (Å²) in [5.74, 6) is 1.41. The zero-order chi connectivity index (χ0) is 15.1. The van der Waals surface area contributed by atoms with Crippen LogP contribution in [0.5, 0.6) is 0 Å². The van der Waals surface area contributed by atoms with Crippen LogP contribution in [0.1, 0.15) is 43.5 Å². The first-order chi connectivity index (χ1) is 9.26. The minimum atomic E-state index is 0.133. The van der Waals surface area contributed by atoms with Gasteiger partial charge in [-0.1, -0.05) is 6.92 Å². The Labute approximate surface area is 125 Å². The van der Waals surface area contributed by atoms with Crippen LogP contribution in [-0.4, -0.2) is 27.5 Å².